The summed E-state index contributed by atoms with van der Waals surface area (Å²) in [6.07, 6.45) is 2.35. The minimum absolute atomic E-state index is 0.0789. The summed E-state index contributed by atoms with van der Waals surface area (Å²) in [6, 6.07) is 1.18. The van der Waals surface area contributed by atoms with Crippen LogP contribution in [0.5, 0.6) is 0 Å². The Kier molecular flexibility index (Phi) is 4.33. The Bertz CT molecular complexity index is 893. The molecule has 0 spiro atoms. The number of hydrogen-bond donors (Lipinski definition) is 0. The van der Waals surface area contributed by atoms with Crippen molar-refractivity contribution in [3.8, 4) is 0 Å². The number of nitrogens with zero attached hydrogens (tertiary/aromatic N) is 4. The summed E-state index contributed by atoms with van der Waals surface area (Å²) in [7, 11) is -2.42. The molecule has 0 amide bonds. The molecule has 1 aliphatic rings. The summed E-state index contributed by atoms with van der Waals surface area (Å²) >= 11 is 0. The molecule has 0 N–H and O–H groups in total. The Hall–Kier alpha value is -2.33. The summed E-state index contributed by atoms with van der Waals surface area (Å²) in [5.74, 6) is -0.252. The zero-order valence-electron chi connectivity index (χ0n) is 13.2. The van der Waals surface area contributed by atoms with E-state index in [0.717, 1.165) is 6.26 Å². The van der Waals surface area contributed by atoms with Crippen molar-refractivity contribution < 1.29 is 22.7 Å². The maximum Gasteiger partial charge on any atom is 0.356 e. The number of rotatable bonds is 3. The minimum Gasteiger partial charge on any atom is -0.464 e. The third-order valence-electron chi connectivity index (χ3n) is 3.64. The molecule has 0 aromatic carbocycles. The van der Waals surface area contributed by atoms with Gasteiger partial charge in [0.2, 0.25) is 0 Å². The molecule has 10 heteroatoms. The largest absolute Gasteiger partial charge is 0.464 e. The van der Waals surface area contributed by atoms with Crippen LogP contribution in [0.25, 0.3) is 11.0 Å². The van der Waals surface area contributed by atoms with E-state index in [-0.39, 0.29) is 21.6 Å². The molecule has 1 aliphatic heterocycles. The Labute approximate surface area is 138 Å². The first-order valence-corrected chi connectivity index (χ1v) is 9.08. The fourth-order valence-corrected chi connectivity index (χ4v) is 3.32. The Morgan fingerprint density at radius 3 is 2.58 bits per heavy atom. The molecule has 2 aromatic rings. The first-order chi connectivity index (χ1) is 11.4. The van der Waals surface area contributed by atoms with Crippen molar-refractivity contribution in [1.29, 1.82) is 0 Å². The molecule has 2 aromatic heterocycles. The van der Waals surface area contributed by atoms with Crippen molar-refractivity contribution in [3.05, 3.63) is 18.1 Å². The smallest absolute Gasteiger partial charge is 0.356 e. The normalized spacial score (nSPS) is 15.5. The van der Waals surface area contributed by atoms with Crippen molar-refractivity contribution in [1.82, 2.24) is 15.0 Å². The molecule has 0 saturated carbocycles. The van der Waals surface area contributed by atoms with Gasteiger partial charge in [-0.25, -0.2) is 28.2 Å². The van der Waals surface area contributed by atoms with E-state index in [1.54, 1.807) is 0 Å². The summed E-state index contributed by atoms with van der Waals surface area (Å²) in [6.45, 7) is 2.23. The van der Waals surface area contributed by atoms with Crippen LogP contribution in [0.4, 0.5) is 5.82 Å². The van der Waals surface area contributed by atoms with E-state index in [1.165, 1.54) is 19.5 Å². The number of esters is 1. The molecular weight excluding hydrogens is 336 g/mol. The van der Waals surface area contributed by atoms with Gasteiger partial charge in [0.05, 0.1) is 25.2 Å². The highest BCUT2D eigenvalue weighted by Gasteiger charge is 2.24. The lowest BCUT2D eigenvalue weighted by Gasteiger charge is -2.28. The van der Waals surface area contributed by atoms with Crippen LogP contribution in [0.2, 0.25) is 0 Å². The van der Waals surface area contributed by atoms with E-state index in [9.17, 15) is 13.2 Å². The predicted molar refractivity (Wildman–Crippen MR) is 84.8 cm³/mol. The van der Waals surface area contributed by atoms with Gasteiger partial charge in [0, 0.05) is 19.3 Å². The van der Waals surface area contributed by atoms with Gasteiger partial charge in [0.15, 0.2) is 21.3 Å². The minimum atomic E-state index is -3.62. The van der Waals surface area contributed by atoms with Gasteiger partial charge in [-0.1, -0.05) is 0 Å². The number of methoxy groups -OCH3 is 1. The number of anilines is 1. The maximum absolute atomic E-state index is 12.1. The van der Waals surface area contributed by atoms with Crippen LogP contribution in [0.15, 0.2) is 17.3 Å². The molecule has 1 saturated heterocycles. The Balaban J connectivity index is 2.29. The second-order valence-electron chi connectivity index (χ2n) is 5.26. The van der Waals surface area contributed by atoms with E-state index in [0.29, 0.717) is 32.1 Å². The topological polar surface area (TPSA) is 112 Å². The van der Waals surface area contributed by atoms with E-state index in [2.05, 4.69) is 19.7 Å². The molecule has 0 bridgehead atoms. The lowest BCUT2D eigenvalue weighted by molar-refractivity contribution is 0.0594. The van der Waals surface area contributed by atoms with Crippen LogP contribution in [0, 0.1) is 0 Å². The fourth-order valence-electron chi connectivity index (χ4n) is 2.50. The van der Waals surface area contributed by atoms with Gasteiger partial charge in [-0.15, -0.1) is 0 Å². The number of hydrogen-bond acceptors (Lipinski definition) is 9. The van der Waals surface area contributed by atoms with Gasteiger partial charge in [-0.05, 0) is 6.07 Å². The van der Waals surface area contributed by atoms with Gasteiger partial charge >= 0.3 is 5.97 Å². The average molecular weight is 352 g/mol. The molecule has 24 heavy (non-hydrogen) atoms. The number of aromatic nitrogens is 3. The molecular formula is C14H16N4O5S. The number of fused-ring (bicyclic) bond motifs is 1. The van der Waals surface area contributed by atoms with E-state index < -0.39 is 15.8 Å². The Morgan fingerprint density at radius 2 is 1.96 bits per heavy atom. The molecule has 3 rings (SSSR count). The zero-order valence-corrected chi connectivity index (χ0v) is 14.0. The SMILES string of the molecule is COC(=O)c1cc(S(C)(=O)=O)c2ncnc(N3CCOCC3)c2n1. The van der Waals surface area contributed by atoms with Gasteiger partial charge in [0.25, 0.3) is 0 Å². The van der Waals surface area contributed by atoms with Crippen LogP contribution < -0.4 is 4.90 Å². The standard InChI is InChI=1S/C14H16N4O5S/c1-22-14(19)9-7-10(24(2,20)21)11-12(17-9)13(16-8-15-11)18-3-5-23-6-4-18/h7-8H,3-6H2,1-2H3. The third kappa shape index (κ3) is 3.02. The van der Waals surface area contributed by atoms with Gasteiger partial charge in [-0.3, -0.25) is 0 Å². The maximum atomic E-state index is 12.1. The summed E-state index contributed by atoms with van der Waals surface area (Å²) < 4.78 is 34.2. The van der Waals surface area contributed by atoms with Gasteiger partial charge in [0.1, 0.15) is 17.4 Å². The lowest BCUT2D eigenvalue weighted by Crippen LogP contribution is -2.37. The third-order valence-corrected chi connectivity index (χ3v) is 4.75. The first kappa shape index (κ1) is 16.5. The number of morpholine rings is 1. The van der Waals surface area contributed by atoms with Crippen LogP contribution >= 0.6 is 0 Å². The van der Waals surface area contributed by atoms with Crippen molar-refractivity contribution in [2.45, 2.75) is 4.90 Å². The Morgan fingerprint density at radius 1 is 1.25 bits per heavy atom. The molecule has 128 valence electrons. The molecule has 0 atom stereocenters. The molecule has 0 unspecified atom stereocenters. The molecule has 9 nitrogen and oxygen atoms in total. The van der Waals surface area contributed by atoms with Gasteiger partial charge < -0.3 is 14.4 Å². The molecule has 3 heterocycles. The summed E-state index contributed by atoms with van der Waals surface area (Å²) in [5.41, 5.74) is 0.333. The van der Waals surface area contributed by atoms with Crippen LogP contribution in [-0.4, -0.2) is 69.0 Å². The van der Waals surface area contributed by atoms with Crippen molar-refractivity contribution in [2.24, 2.45) is 0 Å². The quantitative estimate of drug-likeness (QED) is 0.707. The van der Waals surface area contributed by atoms with Crippen molar-refractivity contribution in [3.63, 3.8) is 0 Å². The van der Waals surface area contributed by atoms with Gasteiger partial charge in [-0.2, -0.15) is 0 Å². The summed E-state index contributed by atoms with van der Waals surface area (Å²) in [4.78, 5) is 26.3. The van der Waals surface area contributed by atoms with Crippen LogP contribution in [-0.2, 0) is 19.3 Å². The van der Waals surface area contributed by atoms with E-state index >= 15 is 0 Å². The highest BCUT2D eigenvalue weighted by atomic mass is 32.2. The zero-order chi connectivity index (χ0) is 17.3. The van der Waals surface area contributed by atoms with Crippen LogP contribution in [0.3, 0.4) is 0 Å². The number of pyridine rings is 1. The second kappa shape index (κ2) is 6.29. The van der Waals surface area contributed by atoms with Crippen LogP contribution in [0.1, 0.15) is 10.5 Å². The first-order valence-electron chi connectivity index (χ1n) is 7.18. The van der Waals surface area contributed by atoms with Crippen molar-refractivity contribution >= 4 is 32.7 Å². The molecule has 0 radical (unpaired) electrons. The van der Waals surface area contributed by atoms with E-state index in [1.807, 2.05) is 4.90 Å². The fraction of sp³-hybridized carbons (Fsp3) is 0.429. The summed E-state index contributed by atoms with van der Waals surface area (Å²) in [5, 5.41) is 0. The number of sulfone groups is 1. The van der Waals surface area contributed by atoms with E-state index in [4.69, 9.17) is 4.74 Å². The monoisotopic (exact) mass is 352 g/mol. The number of carbonyl (C=O) groups is 1. The number of carbonyl (C=O) groups excluding carboxylic acids is 1. The second-order valence-corrected chi connectivity index (χ2v) is 7.25. The predicted octanol–water partition coefficient (Wildman–Crippen LogP) is 0.0515. The highest BCUT2D eigenvalue weighted by Crippen LogP contribution is 2.27. The number of ether oxygens (including phenoxy) is 2. The highest BCUT2D eigenvalue weighted by molar-refractivity contribution is 7.91. The lowest BCUT2D eigenvalue weighted by atomic mass is 10.2. The average Bonchev–Trinajstić information content (AvgIpc) is 2.59. The molecule has 0 aliphatic carbocycles. The molecule has 1 fully saturated rings. The van der Waals surface area contributed by atoms with Crippen molar-refractivity contribution in [2.75, 3.05) is 44.6 Å².